The first-order valence-corrected chi connectivity index (χ1v) is 11.3. The molecule has 0 unspecified atom stereocenters. The first-order chi connectivity index (χ1) is 16.0. The molecule has 3 heterocycles. The maximum absolute atomic E-state index is 12.9. The number of hydrogen-bond donors (Lipinski definition) is 1. The van der Waals surface area contributed by atoms with E-state index in [-0.39, 0.29) is 11.7 Å². The van der Waals surface area contributed by atoms with E-state index in [9.17, 15) is 15.2 Å². The molecule has 1 aliphatic heterocycles. The lowest BCUT2D eigenvalue weighted by atomic mass is 9.97. The summed E-state index contributed by atoms with van der Waals surface area (Å²) < 4.78 is 1.50. The predicted octanol–water partition coefficient (Wildman–Crippen LogP) is 3.05. The van der Waals surface area contributed by atoms with E-state index in [0.29, 0.717) is 22.6 Å². The van der Waals surface area contributed by atoms with Crippen molar-refractivity contribution < 1.29 is 9.90 Å². The number of nitriles is 1. The highest BCUT2D eigenvalue weighted by atomic mass is 16.3. The van der Waals surface area contributed by atoms with Crippen molar-refractivity contribution in [2.75, 3.05) is 26.2 Å². The smallest absolute Gasteiger partial charge is 0.255 e. The van der Waals surface area contributed by atoms with Gasteiger partial charge in [-0.15, -0.1) is 0 Å². The quantitative estimate of drug-likeness (QED) is 0.667. The van der Waals surface area contributed by atoms with Crippen LogP contribution in [0.4, 0.5) is 0 Å². The van der Waals surface area contributed by atoms with Crippen molar-refractivity contribution in [2.45, 2.75) is 32.7 Å². The summed E-state index contributed by atoms with van der Waals surface area (Å²) in [6.07, 6.45) is 5.65. The summed E-state index contributed by atoms with van der Waals surface area (Å²) in [6, 6.07) is 9.94. The Labute approximate surface area is 192 Å². The molecule has 1 saturated heterocycles. The Balaban J connectivity index is 1.33. The van der Waals surface area contributed by atoms with Gasteiger partial charge in [-0.1, -0.05) is 6.07 Å². The van der Waals surface area contributed by atoms with Crippen LogP contribution in [0.1, 0.15) is 39.9 Å². The van der Waals surface area contributed by atoms with Crippen LogP contribution in [0.25, 0.3) is 17.1 Å². The van der Waals surface area contributed by atoms with Crippen LogP contribution in [0, 0.1) is 25.2 Å². The van der Waals surface area contributed by atoms with Gasteiger partial charge in [0.05, 0.1) is 23.4 Å². The molecule has 1 N–H and O–H groups in total. The molecule has 2 aliphatic rings. The van der Waals surface area contributed by atoms with Gasteiger partial charge in [-0.2, -0.15) is 10.4 Å². The number of carbonyl (C=O) groups excluding carboxylic acids is 1. The third-order valence-electron chi connectivity index (χ3n) is 6.75. The number of carbonyl (C=O) groups is 1. The average molecular weight is 443 g/mol. The minimum absolute atomic E-state index is 0.00261. The summed E-state index contributed by atoms with van der Waals surface area (Å²) in [5.41, 5.74) is 4.10. The molecular weight excluding hydrogens is 416 g/mol. The molecule has 1 amide bonds. The van der Waals surface area contributed by atoms with E-state index < -0.39 is 0 Å². The van der Waals surface area contributed by atoms with Crippen LogP contribution in [-0.2, 0) is 0 Å². The second-order valence-electron chi connectivity index (χ2n) is 8.79. The fourth-order valence-electron chi connectivity index (χ4n) is 4.43. The van der Waals surface area contributed by atoms with E-state index in [1.54, 1.807) is 30.5 Å². The molecule has 1 saturated carbocycles. The second kappa shape index (κ2) is 8.34. The Kier molecular flexibility index (Phi) is 5.35. The van der Waals surface area contributed by atoms with Crippen LogP contribution in [0.15, 0.2) is 36.7 Å². The van der Waals surface area contributed by atoms with Gasteiger partial charge in [-0.3, -0.25) is 9.69 Å². The zero-order valence-electron chi connectivity index (χ0n) is 18.8. The SMILES string of the molecule is Cc1c(C#N)ccc(-c2nn(-c3ccc(C(=O)N4CCN(C5CC5)CC4)cn3)cc2O)c1C. The third kappa shape index (κ3) is 3.96. The van der Waals surface area contributed by atoms with E-state index in [2.05, 4.69) is 21.1 Å². The molecule has 0 atom stereocenters. The molecule has 8 nitrogen and oxygen atoms in total. The van der Waals surface area contributed by atoms with Crippen LogP contribution in [0.2, 0.25) is 0 Å². The molecule has 5 rings (SSSR count). The molecule has 0 radical (unpaired) electrons. The second-order valence-corrected chi connectivity index (χ2v) is 8.79. The van der Waals surface area contributed by atoms with Crippen molar-refractivity contribution in [3.63, 3.8) is 0 Å². The highest BCUT2D eigenvalue weighted by Gasteiger charge is 2.32. The Morgan fingerprint density at radius 1 is 1.09 bits per heavy atom. The third-order valence-corrected chi connectivity index (χ3v) is 6.75. The fraction of sp³-hybridized carbons (Fsp3) is 0.360. The number of pyridine rings is 1. The van der Waals surface area contributed by atoms with Gasteiger partial charge < -0.3 is 10.0 Å². The maximum atomic E-state index is 12.9. The first-order valence-electron chi connectivity index (χ1n) is 11.3. The maximum Gasteiger partial charge on any atom is 0.255 e. The minimum atomic E-state index is -0.00261. The highest BCUT2D eigenvalue weighted by Crippen LogP contribution is 2.33. The van der Waals surface area contributed by atoms with E-state index in [1.807, 2.05) is 18.7 Å². The largest absolute Gasteiger partial charge is 0.504 e. The molecule has 0 spiro atoms. The van der Waals surface area contributed by atoms with Crippen molar-refractivity contribution in [1.29, 1.82) is 5.26 Å². The molecular formula is C25H26N6O2. The zero-order valence-corrected chi connectivity index (χ0v) is 18.8. The summed E-state index contributed by atoms with van der Waals surface area (Å²) in [5, 5.41) is 24.3. The normalized spacial score (nSPS) is 16.6. The zero-order chi connectivity index (χ0) is 23.1. The average Bonchev–Trinajstić information content (AvgIpc) is 3.63. The minimum Gasteiger partial charge on any atom is -0.504 e. The van der Waals surface area contributed by atoms with Crippen LogP contribution in [-0.4, -0.2) is 67.8 Å². The van der Waals surface area contributed by atoms with Gasteiger partial charge in [0, 0.05) is 44.0 Å². The number of amides is 1. The number of benzene rings is 1. The van der Waals surface area contributed by atoms with Crippen molar-refractivity contribution in [3.8, 4) is 28.9 Å². The topological polar surface area (TPSA) is 98.3 Å². The summed E-state index contributed by atoms with van der Waals surface area (Å²) in [6.45, 7) is 7.16. The summed E-state index contributed by atoms with van der Waals surface area (Å²) in [7, 11) is 0. The van der Waals surface area contributed by atoms with Gasteiger partial charge in [0.15, 0.2) is 11.6 Å². The molecule has 2 fully saturated rings. The van der Waals surface area contributed by atoms with Crippen molar-refractivity contribution in [3.05, 3.63) is 58.9 Å². The van der Waals surface area contributed by atoms with Gasteiger partial charge in [-0.05, 0) is 56.0 Å². The van der Waals surface area contributed by atoms with E-state index in [4.69, 9.17) is 0 Å². The van der Waals surface area contributed by atoms with Crippen LogP contribution in [0.3, 0.4) is 0 Å². The van der Waals surface area contributed by atoms with E-state index in [0.717, 1.165) is 48.9 Å². The Bertz CT molecular complexity index is 1250. The number of aromatic hydroxyl groups is 1. The Hall–Kier alpha value is -3.70. The molecule has 168 valence electrons. The summed E-state index contributed by atoms with van der Waals surface area (Å²) in [4.78, 5) is 21.7. The molecule has 1 aliphatic carbocycles. The number of nitrogens with zero attached hydrogens (tertiary/aromatic N) is 6. The van der Waals surface area contributed by atoms with E-state index in [1.165, 1.54) is 23.7 Å². The van der Waals surface area contributed by atoms with Crippen LogP contribution >= 0.6 is 0 Å². The van der Waals surface area contributed by atoms with Gasteiger partial charge in [0.1, 0.15) is 5.69 Å². The lowest BCUT2D eigenvalue weighted by Crippen LogP contribution is -2.49. The summed E-state index contributed by atoms with van der Waals surface area (Å²) in [5.74, 6) is 0.532. The van der Waals surface area contributed by atoms with Gasteiger partial charge >= 0.3 is 0 Å². The van der Waals surface area contributed by atoms with Gasteiger partial charge in [-0.25, -0.2) is 9.67 Å². The fourth-order valence-corrected chi connectivity index (χ4v) is 4.43. The van der Waals surface area contributed by atoms with Crippen molar-refractivity contribution in [2.24, 2.45) is 0 Å². The van der Waals surface area contributed by atoms with Crippen LogP contribution in [0.5, 0.6) is 5.75 Å². The highest BCUT2D eigenvalue weighted by molar-refractivity contribution is 5.94. The molecule has 3 aromatic rings. The molecule has 0 bridgehead atoms. The molecule has 2 aromatic heterocycles. The summed E-state index contributed by atoms with van der Waals surface area (Å²) >= 11 is 0. The van der Waals surface area contributed by atoms with Crippen molar-refractivity contribution in [1.82, 2.24) is 24.6 Å². The van der Waals surface area contributed by atoms with Crippen molar-refractivity contribution >= 4 is 5.91 Å². The monoisotopic (exact) mass is 442 g/mol. The molecule has 8 heteroatoms. The Morgan fingerprint density at radius 3 is 2.48 bits per heavy atom. The predicted molar refractivity (Wildman–Crippen MR) is 123 cm³/mol. The Morgan fingerprint density at radius 2 is 1.85 bits per heavy atom. The number of piperazine rings is 1. The van der Waals surface area contributed by atoms with Gasteiger partial charge in [0.25, 0.3) is 5.91 Å². The van der Waals surface area contributed by atoms with E-state index >= 15 is 0 Å². The number of rotatable bonds is 4. The lowest BCUT2D eigenvalue weighted by molar-refractivity contribution is 0.0627. The first kappa shape index (κ1) is 21.2. The molecule has 1 aromatic carbocycles. The molecule has 33 heavy (non-hydrogen) atoms. The van der Waals surface area contributed by atoms with Crippen LogP contribution < -0.4 is 0 Å². The number of hydrogen-bond acceptors (Lipinski definition) is 6. The number of aromatic nitrogens is 3. The van der Waals surface area contributed by atoms with Gasteiger partial charge in [0.2, 0.25) is 0 Å². The lowest BCUT2D eigenvalue weighted by Gasteiger charge is -2.34. The standard InChI is InChI=1S/C25H26N6O2/c1-16-17(2)21(7-3-18(16)13-26)24-22(32)15-31(28-24)23-8-4-19(14-27-23)25(33)30-11-9-29(10-12-30)20-5-6-20/h3-4,7-8,14-15,20,32H,5-6,9-12H2,1-2H3.